The van der Waals surface area contributed by atoms with E-state index in [-0.39, 0.29) is 12.4 Å². The third-order valence-electron chi connectivity index (χ3n) is 1.47. The zero-order valence-electron chi connectivity index (χ0n) is 7.20. The number of pyridine rings is 1. The maximum absolute atomic E-state index is 11.2. The molecule has 1 heterocycles. The summed E-state index contributed by atoms with van der Waals surface area (Å²) in [6.45, 7) is 2.02. The van der Waals surface area contributed by atoms with Gasteiger partial charge >= 0.3 is 0 Å². The van der Waals surface area contributed by atoms with Crippen molar-refractivity contribution in [1.29, 1.82) is 0 Å². The standard InChI is InChI=1S/C9H11NO2/c1-7-3-4-8(10-5-7)9(11)6-12-2/h3-5H,6H2,1-2H3. The van der Waals surface area contributed by atoms with Crippen LogP contribution in [0.15, 0.2) is 18.3 Å². The van der Waals surface area contributed by atoms with Gasteiger partial charge in [-0.25, -0.2) is 0 Å². The molecule has 0 saturated carbocycles. The molecule has 3 nitrogen and oxygen atoms in total. The monoisotopic (exact) mass is 165 g/mol. The van der Waals surface area contributed by atoms with Gasteiger partial charge in [0.2, 0.25) is 5.78 Å². The second-order valence-corrected chi connectivity index (χ2v) is 2.58. The number of ether oxygens (including phenoxy) is 1. The van der Waals surface area contributed by atoms with Gasteiger partial charge < -0.3 is 4.74 Å². The van der Waals surface area contributed by atoms with E-state index in [4.69, 9.17) is 4.74 Å². The lowest BCUT2D eigenvalue weighted by Crippen LogP contribution is -2.08. The average Bonchev–Trinajstić information content (AvgIpc) is 2.06. The van der Waals surface area contributed by atoms with Crippen LogP contribution in [0.5, 0.6) is 0 Å². The average molecular weight is 165 g/mol. The first kappa shape index (κ1) is 8.87. The fourth-order valence-electron chi connectivity index (χ4n) is 0.838. The summed E-state index contributed by atoms with van der Waals surface area (Å²) < 4.78 is 4.70. The van der Waals surface area contributed by atoms with Gasteiger partial charge in [-0.05, 0) is 18.6 Å². The van der Waals surface area contributed by atoms with E-state index in [1.807, 2.05) is 13.0 Å². The molecule has 0 aliphatic rings. The fraction of sp³-hybridized carbons (Fsp3) is 0.333. The highest BCUT2D eigenvalue weighted by Gasteiger charge is 2.04. The number of carbonyl (C=O) groups excluding carboxylic acids is 1. The highest BCUT2D eigenvalue weighted by atomic mass is 16.5. The quantitative estimate of drug-likeness (QED) is 0.632. The number of aromatic nitrogens is 1. The largest absolute Gasteiger partial charge is 0.376 e. The molecule has 3 heteroatoms. The van der Waals surface area contributed by atoms with Crippen molar-refractivity contribution in [3.05, 3.63) is 29.6 Å². The third-order valence-corrected chi connectivity index (χ3v) is 1.47. The van der Waals surface area contributed by atoms with Gasteiger partial charge in [0.1, 0.15) is 12.3 Å². The molecule has 0 saturated heterocycles. The van der Waals surface area contributed by atoms with Crippen LogP contribution >= 0.6 is 0 Å². The molecule has 12 heavy (non-hydrogen) atoms. The molecule has 1 aromatic rings. The van der Waals surface area contributed by atoms with Crippen LogP contribution in [-0.2, 0) is 4.74 Å². The van der Waals surface area contributed by atoms with Crippen molar-refractivity contribution in [2.75, 3.05) is 13.7 Å². The van der Waals surface area contributed by atoms with Gasteiger partial charge in [0.25, 0.3) is 0 Å². The summed E-state index contributed by atoms with van der Waals surface area (Å²) in [7, 11) is 1.49. The number of methoxy groups -OCH3 is 1. The molecule has 0 atom stereocenters. The fourth-order valence-corrected chi connectivity index (χ4v) is 0.838. The zero-order valence-corrected chi connectivity index (χ0v) is 7.20. The van der Waals surface area contributed by atoms with Gasteiger partial charge in [-0.2, -0.15) is 0 Å². The smallest absolute Gasteiger partial charge is 0.206 e. The molecule has 0 bridgehead atoms. The summed E-state index contributed by atoms with van der Waals surface area (Å²) in [6.07, 6.45) is 1.67. The van der Waals surface area contributed by atoms with Crippen LogP contribution in [0, 0.1) is 6.92 Å². The van der Waals surface area contributed by atoms with Crippen molar-refractivity contribution < 1.29 is 9.53 Å². The first-order chi connectivity index (χ1) is 5.74. The number of ketones is 1. The second kappa shape index (κ2) is 3.97. The first-order valence-corrected chi connectivity index (χ1v) is 3.69. The molecule has 1 rings (SSSR count). The topological polar surface area (TPSA) is 39.2 Å². The molecule has 0 aromatic carbocycles. The summed E-state index contributed by atoms with van der Waals surface area (Å²) in [5, 5.41) is 0. The van der Waals surface area contributed by atoms with Gasteiger partial charge in [0.15, 0.2) is 0 Å². The molecular formula is C9H11NO2. The minimum Gasteiger partial charge on any atom is -0.376 e. The molecular weight excluding hydrogens is 154 g/mol. The van der Waals surface area contributed by atoms with E-state index in [2.05, 4.69) is 4.98 Å². The van der Waals surface area contributed by atoms with Crippen molar-refractivity contribution in [3.8, 4) is 0 Å². The zero-order chi connectivity index (χ0) is 8.97. The molecule has 0 N–H and O–H groups in total. The molecule has 64 valence electrons. The van der Waals surface area contributed by atoms with E-state index in [0.29, 0.717) is 5.69 Å². The van der Waals surface area contributed by atoms with Gasteiger partial charge in [-0.15, -0.1) is 0 Å². The second-order valence-electron chi connectivity index (χ2n) is 2.58. The lowest BCUT2D eigenvalue weighted by atomic mass is 10.2. The summed E-state index contributed by atoms with van der Waals surface area (Å²) in [6, 6.07) is 3.56. The summed E-state index contributed by atoms with van der Waals surface area (Å²) in [4.78, 5) is 15.1. The van der Waals surface area contributed by atoms with Gasteiger partial charge in [0, 0.05) is 13.3 Å². The molecule has 0 unspecified atom stereocenters. The van der Waals surface area contributed by atoms with Crippen LogP contribution in [0.4, 0.5) is 0 Å². The Kier molecular flexibility index (Phi) is 2.94. The van der Waals surface area contributed by atoms with Crippen molar-refractivity contribution in [3.63, 3.8) is 0 Å². The highest BCUT2D eigenvalue weighted by molar-refractivity contribution is 5.95. The molecule has 0 spiro atoms. The van der Waals surface area contributed by atoms with Crippen LogP contribution in [0.2, 0.25) is 0 Å². The van der Waals surface area contributed by atoms with Crippen LogP contribution in [0.3, 0.4) is 0 Å². The van der Waals surface area contributed by atoms with Crippen molar-refractivity contribution in [2.45, 2.75) is 6.92 Å². The van der Waals surface area contributed by atoms with Crippen LogP contribution in [0.1, 0.15) is 16.1 Å². The Balaban J connectivity index is 2.75. The van der Waals surface area contributed by atoms with Crippen LogP contribution < -0.4 is 0 Å². The Morgan fingerprint density at radius 1 is 1.58 bits per heavy atom. The Bertz CT molecular complexity index is 266. The predicted octanol–water partition coefficient (Wildman–Crippen LogP) is 1.22. The number of Topliss-reactive ketones (excluding diaryl/α,β-unsaturated/α-hetero) is 1. The van der Waals surface area contributed by atoms with Crippen molar-refractivity contribution in [2.24, 2.45) is 0 Å². The maximum atomic E-state index is 11.2. The normalized spacial score (nSPS) is 9.83. The lowest BCUT2D eigenvalue weighted by molar-refractivity contribution is 0.0843. The van der Waals surface area contributed by atoms with Crippen LogP contribution in [0.25, 0.3) is 0 Å². The Hall–Kier alpha value is -1.22. The summed E-state index contributed by atoms with van der Waals surface area (Å²) in [5.41, 5.74) is 1.51. The van der Waals surface area contributed by atoms with E-state index in [9.17, 15) is 4.79 Å². The maximum Gasteiger partial charge on any atom is 0.206 e. The molecule has 0 radical (unpaired) electrons. The molecule has 0 aliphatic carbocycles. The number of carbonyl (C=O) groups is 1. The molecule has 0 amide bonds. The van der Waals surface area contributed by atoms with E-state index in [0.717, 1.165) is 5.56 Å². The predicted molar refractivity (Wildman–Crippen MR) is 45.2 cm³/mol. The first-order valence-electron chi connectivity index (χ1n) is 3.69. The summed E-state index contributed by atoms with van der Waals surface area (Å²) >= 11 is 0. The minimum atomic E-state index is -0.0856. The number of hydrogen-bond acceptors (Lipinski definition) is 3. The van der Waals surface area contributed by atoms with Gasteiger partial charge in [-0.3, -0.25) is 9.78 Å². The highest BCUT2D eigenvalue weighted by Crippen LogP contribution is 1.99. The lowest BCUT2D eigenvalue weighted by Gasteiger charge is -1.98. The van der Waals surface area contributed by atoms with E-state index in [1.165, 1.54) is 7.11 Å². The number of nitrogens with zero attached hydrogens (tertiary/aromatic N) is 1. The third kappa shape index (κ3) is 2.13. The van der Waals surface area contributed by atoms with Crippen LogP contribution in [-0.4, -0.2) is 24.5 Å². The van der Waals surface area contributed by atoms with E-state index in [1.54, 1.807) is 12.3 Å². The molecule has 1 aromatic heterocycles. The summed E-state index contributed by atoms with van der Waals surface area (Å²) in [5.74, 6) is -0.0856. The van der Waals surface area contributed by atoms with Crippen molar-refractivity contribution in [1.82, 2.24) is 4.98 Å². The Morgan fingerprint density at radius 3 is 2.83 bits per heavy atom. The minimum absolute atomic E-state index is 0.0856. The SMILES string of the molecule is COCC(=O)c1ccc(C)cn1. The molecule has 0 aliphatic heterocycles. The van der Waals surface area contributed by atoms with Crippen molar-refractivity contribution >= 4 is 5.78 Å². The number of rotatable bonds is 3. The van der Waals surface area contributed by atoms with E-state index < -0.39 is 0 Å². The van der Waals surface area contributed by atoms with E-state index >= 15 is 0 Å². The number of hydrogen-bond donors (Lipinski definition) is 0. The van der Waals surface area contributed by atoms with Gasteiger partial charge in [0.05, 0.1) is 0 Å². The number of aryl methyl sites for hydroxylation is 1. The Labute approximate surface area is 71.4 Å². The Morgan fingerprint density at radius 2 is 2.33 bits per heavy atom. The molecule has 0 fully saturated rings. The van der Waals surface area contributed by atoms with Gasteiger partial charge in [-0.1, -0.05) is 6.07 Å².